The molecule has 0 aromatic carbocycles. The van der Waals surface area contributed by atoms with Gasteiger partial charge in [-0.25, -0.2) is 9.78 Å². The number of alkyl halides is 3. The van der Waals surface area contributed by atoms with Crippen LogP contribution in [0.25, 0.3) is 0 Å². The fourth-order valence-corrected chi connectivity index (χ4v) is 1.61. The molecule has 0 bridgehead atoms. The van der Waals surface area contributed by atoms with Crippen molar-refractivity contribution in [3.8, 4) is 5.88 Å². The van der Waals surface area contributed by atoms with Crippen LogP contribution >= 0.6 is 0 Å². The Morgan fingerprint density at radius 3 is 2.74 bits per heavy atom. The van der Waals surface area contributed by atoms with Gasteiger partial charge in [-0.1, -0.05) is 0 Å². The van der Waals surface area contributed by atoms with Crippen LogP contribution in [0.15, 0.2) is 12.1 Å². The molecule has 0 aliphatic carbocycles. The van der Waals surface area contributed by atoms with Crippen molar-refractivity contribution in [3.63, 3.8) is 0 Å². The predicted octanol–water partition coefficient (Wildman–Crippen LogP) is 1.97. The number of carboxylic acid groups (broad SMARTS) is 1. The van der Waals surface area contributed by atoms with E-state index in [0.717, 1.165) is 6.07 Å². The molecule has 8 heteroatoms. The first-order valence-corrected chi connectivity index (χ1v) is 5.44. The zero-order valence-electron chi connectivity index (χ0n) is 9.61. The van der Waals surface area contributed by atoms with Gasteiger partial charge in [0.2, 0.25) is 5.88 Å². The third kappa shape index (κ3) is 3.14. The average molecular weight is 277 g/mol. The molecule has 0 amide bonds. The smallest absolute Gasteiger partial charge is 0.433 e. The summed E-state index contributed by atoms with van der Waals surface area (Å²) in [5.74, 6) is -1.92. The highest BCUT2D eigenvalue weighted by Crippen LogP contribution is 2.30. The van der Waals surface area contributed by atoms with Crippen LogP contribution in [0.2, 0.25) is 0 Å². The molecule has 19 heavy (non-hydrogen) atoms. The second-order valence-corrected chi connectivity index (χ2v) is 3.96. The molecule has 5 nitrogen and oxygen atoms in total. The molecule has 1 unspecified atom stereocenters. The summed E-state index contributed by atoms with van der Waals surface area (Å²) in [6.45, 7) is 0.628. The average Bonchev–Trinajstić information content (AvgIpc) is 2.80. The van der Waals surface area contributed by atoms with Crippen LogP contribution in [0.3, 0.4) is 0 Å². The Hall–Kier alpha value is -1.83. The molecule has 0 spiro atoms. The van der Waals surface area contributed by atoms with E-state index >= 15 is 0 Å². The maximum Gasteiger partial charge on any atom is 0.433 e. The van der Waals surface area contributed by atoms with Crippen LogP contribution in [0.4, 0.5) is 13.2 Å². The highest BCUT2D eigenvalue weighted by atomic mass is 19.4. The van der Waals surface area contributed by atoms with Gasteiger partial charge < -0.3 is 14.6 Å². The second kappa shape index (κ2) is 5.04. The van der Waals surface area contributed by atoms with Gasteiger partial charge in [0.05, 0.1) is 13.2 Å². The van der Waals surface area contributed by atoms with E-state index in [1.165, 1.54) is 0 Å². The summed E-state index contributed by atoms with van der Waals surface area (Å²) in [5.41, 5.74) is -1.59. The summed E-state index contributed by atoms with van der Waals surface area (Å²) < 4.78 is 47.8. The lowest BCUT2D eigenvalue weighted by Crippen LogP contribution is -2.20. The summed E-state index contributed by atoms with van der Waals surface area (Å²) in [6, 6.07) is 1.45. The number of halogens is 3. The van der Waals surface area contributed by atoms with Crippen molar-refractivity contribution >= 4 is 5.97 Å². The number of aromatic carboxylic acids is 1. The fourth-order valence-electron chi connectivity index (χ4n) is 1.61. The zero-order chi connectivity index (χ0) is 14.0. The minimum Gasteiger partial charge on any atom is -0.477 e. The van der Waals surface area contributed by atoms with Crippen LogP contribution in [0, 0.1) is 0 Å². The first-order valence-electron chi connectivity index (χ1n) is 5.44. The summed E-state index contributed by atoms with van der Waals surface area (Å²) >= 11 is 0. The Labute approximate surface area is 106 Å². The molecular weight excluding hydrogens is 267 g/mol. The molecule has 0 radical (unpaired) electrons. The number of pyridine rings is 1. The Morgan fingerprint density at radius 1 is 1.47 bits per heavy atom. The van der Waals surface area contributed by atoms with Gasteiger partial charge in [-0.2, -0.15) is 13.2 Å². The quantitative estimate of drug-likeness (QED) is 0.914. The minimum absolute atomic E-state index is 0.205. The van der Waals surface area contributed by atoms with Crippen molar-refractivity contribution < 1.29 is 32.5 Å². The molecule has 0 saturated carbocycles. The van der Waals surface area contributed by atoms with Gasteiger partial charge in [-0.05, 0) is 12.1 Å². The van der Waals surface area contributed by atoms with Crippen molar-refractivity contribution in [1.29, 1.82) is 0 Å². The monoisotopic (exact) mass is 277 g/mol. The number of hydrogen-bond donors (Lipinski definition) is 1. The number of carboxylic acids is 1. The van der Waals surface area contributed by atoms with E-state index in [-0.39, 0.29) is 6.61 Å². The molecule has 1 aromatic rings. The summed E-state index contributed by atoms with van der Waals surface area (Å²) in [4.78, 5) is 14.2. The summed E-state index contributed by atoms with van der Waals surface area (Å²) in [6.07, 6.45) is -4.65. The lowest BCUT2D eigenvalue weighted by atomic mass is 10.2. The van der Waals surface area contributed by atoms with Gasteiger partial charge in [0.15, 0.2) is 0 Å². The molecule has 1 saturated heterocycles. The molecule has 1 atom stereocenters. The van der Waals surface area contributed by atoms with Crippen LogP contribution in [0.5, 0.6) is 5.88 Å². The largest absolute Gasteiger partial charge is 0.477 e. The Bertz CT molecular complexity index is 483. The van der Waals surface area contributed by atoms with Crippen molar-refractivity contribution in [2.45, 2.75) is 18.7 Å². The number of aromatic nitrogens is 1. The minimum atomic E-state index is -4.65. The summed E-state index contributed by atoms with van der Waals surface area (Å²) in [7, 11) is 0. The fraction of sp³-hybridized carbons (Fsp3) is 0.455. The standard InChI is InChI=1S/C11H10F3NO4/c12-11(13,14)8-2-1-7(10(16)17)9(15-8)19-6-3-4-18-5-6/h1-2,6H,3-5H2,(H,16,17). The van der Waals surface area contributed by atoms with E-state index in [1.807, 2.05) is 0 Å². The SMILES string of the molecule is O=C(O)c1ccc(C(F)(F)F)nc1OC1CCOC1. The maximum absolute atomic E-state index is 12.5. The van der Waals surface area contributed by atoms with Gasteiger partial charge >= 0.3 is 12.1 Å². The van der Waals surface area contributed by atoms with Crippen molar-refractivity contribution in [2.75, 3.05) is 13.2 Å². The van der Waals surface area contributed by atoms with Crippen LogP contribution in [-0.2, 0) is 10.9 Å². The zero-order valence-corrected chi connectivity index (χ0v) is 9.61. The number of rotatable bonds is 3. The van der Waals surface area contributed by atoms with E-state index in [2.05, 4.69) is 4.98 Å². The van der Waals surface area contributed by atoms with E-state index in [9.17, 15) is 18.0 Å². The molecule has 1 N–H and O–H groups in total. The molecular formula is C11H10F3NO4. The Morgan fingerprint density at radius 2 is 2.21 bits per heavy atom. The first kappa shape index (κ1) is 13.6. The van der Waals surface area contributed by atoms with Gasteiger partial charge in [-0.3, -0.25) is 0 Å². The molecule has 1 aliphatic rings. The van der Waals surface area contributed by atoms with Gasteiger partial charge in [-0.15, -0.1) is 0 Å². The van der Waals surface area contributed by atoms with Gasteiger partial charge in [0.1, 0.15) is 17.4 Å². The van der Waals surface area contributed by atoms with Crippen molar-refractivity contribution in [2.24, 2.45) is 0 Å². The van der Waals surface area contributed by atoms with Crippen LogP contribution in [0.1, 0.15) is 22.5 Å². The van der Waals surface area contributed by atoms with Gasteiger partial charge in [0.25, 0.3) is 0 Å². The highest BCUT2D eigenvalue weighted by molar-refractivity contribution is 5.90. The van der Waals surface area contributed by atoms with E-state index in [4.69, 9.17) is 14.6 Å². The van der Waals surface area contributed by atoms with E-state index < -0.39 is 35.4 Å². The Balaban J connectivity index is 2.32. The number of nitrogens with zero attached hydrogens (tertiary/aromatic N) is 1. The van der Waals surface area contributed by atoms with E-state index in [0.29, 0.717) is 19.1 Å². The molecule has 1 fully saturated rings. The number of ether oxygens (including phenoxy) is 2. The Kier molecular flexibility index (Phi) is 3.61. The topological polar surface area (TPSA) is 68.7 Å². The molecule has 2 rings (SSSR count). The van der Waals surface area contributed by atoms with Crippen LogP contribution < -0.4 is 4.74 Å². The van der Waals surface area contributed by atoms with Crippen LogP contribution in [-0.4, -0.2) is 35.4 Å². The third-order valence-corrected chi connectivity index (χ3v) is 2.55. The first-order chi connectivity index (χ1) is 8.88. The number of hydrogen-bond acceptors (Lipinski definition) is 4. The van der Waals surface area contributed by atoms with E-state index in [1.54, 1.807) is 0 Å². The third-order valence-electron chi connectivity index (χ3n) is 2.55. The van der Waals surface area contributed by atoms with Gasteiger partial charge in [0, 0.05) is 6.42 Å². The molecule has 1 aromatic heterocycles. The molecule has 104 valence electrons. The van der Waals surface area contributed by atoms with Crippen molar-refractivity contribution in [3.05, 3.63) is 23.4 Å². The molecule has 2 heterocycles. The maximum atomic E-state index is 12.5. The number of carbonyl (C=O) groups is 1. The molecule has 1 aliphatic heterocycles. The lowest BCUT2D eigenvalue weighted by molar-refractivity contribution is -0.141. The normalized spacial score (nSPS) is 19.4. The highest BCUT2D eigenvalue weighted by Gasteiger charge is 2.34. The summed E-state index contributed by atoms with van der Waals surface area (Å²) in [5, 5.41) is 8.90. The lowest BCUT2D eigenvalue weighted by Gasteiger charge is -2.14. The predicted molar refractivity (Wildman–Crippen MR) is 56.1 cm³/mol. The van der Waals surface area contributed by atoms with Crippen molar-refractivity contribution in [1.82, 2.24) is 4.98 Å². The second-order valence-electron chi connectivity index (χ2n) is 3.96.